The molecule has 0 amide bonds. The molecule has 0 rings (SSSR count). The van der Waals surface area contributed by atoms with Gasteiger partial charge in [0.15, 0.2) is 6.29 Å². The number of rotatable bonds is 26. The Morgan fingerprint density at radius 2 is 0.879 bits per heavy atom. The summed E-state index contributed by atoms with van der Waals surface area (Å²) >= 11 is 0. The van der Waals surface area contributed by atoms with E-state index in [0.29, 0.717) is 0 Å². The SMILES string of the molecule is CCCCCCCCC(CCCCCCCC)(CCCCCCCC)OC(CP)OCC.Cl. The van der Waals surface area contributed by atoms with Gasteiger partial charge in [-0.3, -0.25) is 0 Å². The molecule has 0 bridgehead atoms. The van der Waals surface area contributed by atoms with Gasteiger partial charge in [0.1, 0.15) is 0 Å². The molecule has 0 aromatic heterocycles. The zero-order valence-corrected chi connectivity index (χ0v) is 25.1. The molecule has 0 aliphatic carbocycles. The molecule has 0 aliphatic rings. The summed E-state index contributed by atoms with van der Waals surface area (Å²) in [7, 11) is 2.85. The zero-order valence-electron chi connectivity index (χ0n) is 23.1. The fraction of sp³-hybridized carbons (Fsp3) is 1.00. The Hall–Kier alpha value is 0.640. The Morgan fingerprint density at radius 1 is 0.545 bits per heavy atom. The first kappa shape index (κ1) is 35.8. The van der Waals surface area contributed by atoms with Gasteiger partial charge in [-0.25, -0.2) is 0 Å². The van der Waals surface area contributed by atoms with Crippen molar-refractivity contribution in [2.45, 2.75) is 174 Å². The molecule has 2 nitrogen and oxygen atoms in total. The van der Waals surface area contributed by atoms with E-state index < -0.39 is 0 Å². The highest BCUT2D eigenvalue weighted by atomic mass is 35.5. The third kappa shape index (κ3) is 21.6. The molecule has 2 atom stereocenters. The lowest BCUT2D eigenvalue weighted by molar-refractivity contribution is -0.207. The number of unbranched alkanes of at least 4 members (excludes halogenated alkanes) is 15. The van der Waals surface area contributed by atoms with Gasteiger partial charge in [-0.15, -0.1) is 21.6 Å². The van der Waals surface area contributed by atoms with Gasteiger partial charge < -0.3 is 9.47 Å². The van der Waals surface area contributed by atoms with Gasteiger partial charge in [-0.1, -0.05) is 136 Å². The Morgan fingerprint density at radius 3 is 1.18 bits per heavy atom. The minimum absolute atomic E-state index is 0. The lowest BCUT2D eigenvalue weighted by atomic mass is 9.84. The first-order valence-corrected chi connectivity index (χ1v) is 15.5. The molecule has 2 unspecified atom stereocenters. The number of hydrogen-bond donors (Lipinski definition) is 0. The minimum Gasteiger partial charge on any atom is -0.353 e. The molecule has 0 radical (unpaired) electrons. The van der Waals surface area contributed by atoms with Gasteiger partial charge >= 0.3 is 0 Å². The van der Waals surface area contributed by atoms with Crippen LogP contribution in [0.5, 0.6) is 0 Å². The molecule has 0 aromatic carbocycles. The maximum atomic E-state index is 6.87. The first-order valence-electron chi connectivity index (χ1n) is 14.7. The minimum atomic E-state index is -0.0646. The quantitative estimate of drug-likeness (QED) is 0.0656. The van der Waals surface area contributed by atoms with E-state index in [1.807, 2.05) is 0 Å². The van der Waals surface area contributed by atoms with E-state index in [1.54, 1.807) is 0 Å². The molecule has 202 valence electrons. The normalized spacial score (nSPS) is 12.6. The molecule has 0 aromatic rings. The Labute approximate surface area is 218 Å². The summed E-state index contributed by atoms with van der Waals surface area (Å²) in [5.41, 5.74) is 0.0245. The monoisotopic (exact) mass is 508 g/mol. The molecule has 0 heterocycles. The maximum Gasteiger partial charge on any atom is 0.161 e. The van der Waals surface area contributed by atoms with Crippen molar-refractivity contribution in [3.8, 4) is 0 Å². The van der Waals surface area contributed by atoms with E-state index in [2.05, 4.69) is 36.9 Å². The van der Waals surface area contributed by atoms with Crippen molar-refractivity contribution in [1.82, 2.24) is 0 Å². The third-order valence-electron chi connectivity index (χ3n) is 6.88. The van der Waals surface area contributed by atoms with Gasteiger partial charge in [0, 0.05) is 12.8 Å². The van der Waals surface area contributed by atoms with Crippen LogP contribution in [0.4, 0.5) is 0 Å². The molecule has 0 saturated heterocycles. The van der Waals surface area contributed by atoms with Crippen LogP contribution in [0.3, 0.4) is 0 Å². The van der Waals surface area contributed by atoms with E-state index in [9.17, 15) is 0 Å². The van der Waals surface area contributed by atoms with Crippen LogP contribution in [-0.2, 0) is 9.47 Å². The molecule has 0 fully saturated rings. The van der Waals surface area contributed by atoms with E-state index in [4.69, 9.17) is 9.47 Å². The zero-order chi connectivity index (χ0) is 23.8. The molecule has 0 saturated carbocycles. The highest BCUT2D eigenvalue weighted by molar-refractivity contribution is 7.16. The van der Waals surface area contributed by atoms with Gasteiger partial charge in [0.05, 0.1) is 5.60 Å². The van der Waals surface area contributed by atoms with E-state index in [1.165, 1.54) is 135 Å². The molecular formula is C29H62ClO2P. The van der Waals surface area contributed by atoms with Gasteiger partial charge in [0.2, 0.25) is 0 Å². The van der Waals surface area contributed by atoms with Crippen molar-refractivity contribution in [2.75, 3.05) is 12.8 Å². The first-order chi connectivity index (χ1) is 15.7. The molecule has 0 spiro atoms. The predicted molar refractivity (Wildman–Crippen MR) is 155 cm³/mol. The molecule has 0 N–H and O–H groups in total. The van der Waals surface area contributed by atoms with Crippen molar-refractivity contribution in [3.05, 3.63) is 0 Å². The highest BCUT2D eigenvalue weighted by Gasteiger charge is 2.32. The summed E-state index contributed by atoms with van der Waals surface area (Å²) in [4.78, 5) is 0. The molecule has 0 aliphatic heterocycles. The summed E-state index contributed by atoms with van der Waals surface area (Å²) in [5.74, 6) is 0. The Kier molecular flexibility index (Phi) is 29.5. The third-order valence-corrected chi connectivity index (χ3v) is 7.27. The van der Waals surface area contributed by atoms with Crippen LogP contribution in [-0.4, -0.2) is 24.7 Å². The average molecular weight is 509 g/mol. The summed E-state index contributed by atoms with van der Waals surface area (Å²) in [5, 5.41) is 0. The van der Waals surface area contributed by atoms with Crippen LogP contribution in [0, 0.1) is 0 Å². The number of hydrogen-bond acceptors (Lipinski definition) is 2. The van der Waals surface area contributed by atoms with Crippen molar-refractivity contribution in [3.63, 3.8) is 0 Å². The smallest absolute Gasteiger partial charge is 0.161 e. The lowest BCUT2D eigenvalue weighted by Crippen LogP contribution is -2.39. The fourth-order valence-corrected chi connectivity index (χ4v) is 5.08. The molecule has 4 heteroatoms. The van der Waals surface area contributed by atoms with Crippen LogP contribution < -0.4 is 0 Å². The summed E-state index contributed by atoms with van der Waals surface area (Å²) < 4.78 is 12.8. The standard InChI is InChI=1S/C29H61O2P.ClH/c1-5-9-12-15-18-21-24-29(31-28(27-32)30-8-4,25-22-19-16-13-10-6-2)26-23-20-17-14-11-7-3;/h28H,5-27,32H2,1-4H3;1H. The van der Waals surface area contributed by atoms with E-state index in [-0.39, 0.29) is 24.3 Å². The fourth-order valence-electron chi connectivity index (χ4n) is 4.85. The molecular weight excluding hydrogens is 447 g/mol. The summed E-state index contributed by atoms with van der Waals surface area (Å²) in [6.45, 7) is 9.73. The highest BCUT2D eigenvalue weighted by Crippen LogP contribution is 2.34. The molecule has 33 heavy (non-hydrogen) atoms. The van der Waals surface area contributed by atoms with Gasteiger partial charge in [-0.05, 0) is 26.2 Å². The average Bonchev–Trinajstić information content (AvgIpc) is 2.80. The second-order valence-corrected chi connectivity index (χ2v) is 10.4. The van der Waals surface area contributed by atoms with Crippen LogP contribution in [0.15, 0.2) is 0 Å². The van der Waals surface area contributed by atoms with E-state index >= 15 is 0 Å². The maximum absolute atomic E-state index is 6.87. The Balaban J connectivity index is 0. The van der Waals surface area contributed by atoms with Gasteiger partial charge in [-0.2, -0.15) is 0 Å². The topological polar surface area (TPSA) is 18.5 Å². The Bertz CT molecular complexity index is 327. The predicted octanol–water partition coefficient (Wildman–Crippen LogP) is 10.7. The van der Waals surface area contributed by atoms with Crippen molar-refractivity contribution < 1.29 is 9.47 Å². The van der Waals surface area contributed by atoms with Crippen LogP contribution in [0.2, 0.25) is 0 Å². The van der Waals surface area contributed by atoms with E-state index in [0.717, 1.165) is 12.8 Å². The number of halogens is 1. The second kappa shape index (κ2) is 27.2. The van der Waals surface area contributed by atoms with Crippen molar-refractivity contribution in [2.24, 2.45) is 0 Å². The van der Waals surface area contributed by atoms with Crippen LogP contribution in [0.25, 0.3) is 0 Å². The summed E-state index contributed by atoms with van der Waals surface area (Å²) in [6, 6.07) is 0. The lowest BCUT2D eigenvalue weighted by Gasteiger charge is -2.38. The van der Waals surface area contributed by atoms with Crippen molar-refractivity contribution >= 4 is 21.6 Å². The summed E-state index contributed by atoms with van der Waals surface area (Å²) in [6.07, 6.45) is 29.0. The van der Waals surface area contributed by atoms with Crippen LogP contribution in [0.1, 0.15) is 163 Å². The van der Waals surface area contributed by atoms with Crippen LogP contribution >= 0.6 is 21.6 Å². The number of ether oxygens (including phenoxy) is 2. The van der Waals surface area contributed by atoms with Crippen molar-refractivity contribution in [1.29, 1.82) is 0 Å². The van der Waals surface area contributed by atoms with Gasteiger partial charge in [0.25, 0.3) is 0 Å². The largest absolute Gasteiger partial charge is 0.353 e. The second-order valence-electron chi connectivity index (χ2n) is 9.97.